The summed E-state index contributed by atoms with van der Waals surface area (Å²) in [6, 6.07) is 5.48. The van der Waals surface area contributed by atoms with Gasteiger partial charge in [-0.2, -0.15) is 13.2 Å². The van der Waals surface area contributed by atoms with Crippen molar-refractivity contribution in [1.29, 1.82) is 0 Å². The molecule has 1 aromatic carbocycles. The highest BCUT2D eigenvalue weighted by Gasteiger charge is 2.30. The maximum Gasteiger partial charge on any atom is 0.416 e. The van der Waals surface area contributed by atoms with E-state index in [1.807, 2.05) is 6.92 Å². The number of nitrogens with zero attached hydrogens (tertiary/aromatic N) is 1. The van der Waals surface area contributed by atoms with Crippen molar-refractivity contribution in [2.75, 3.05) is 19.3 Å². The quantitative estimate of drug-likeness (QED) is 0.330. The zero-order valence-corrected chi connectivity index (χ0v) is 19.4. The molecule has 0 radical (unpaired) electrons. The summed E-state index contributed by atoms with van der Waals surface area (Å²) in [5.74, 6) is 1.37. The maximum atomic E-state index is 12.6. The largest absolute Gasteiger partial charge is 0.416 e. The number of rotatable bonds is 6. The molecule has 1 saturated carbocycles. The van der Waals surface area contributed by atoms with E-state index in [9.17, 15) is 17.4 Å². The Hall–Kier alpha value is -0.840. The average Bonchev–Trinajstić information content (AvgIpc) is 2.66. The van der Waals surface area contributed by atoms with Gasteiger partial charge in [0.05, 0.1) is 5.56 Å². The third-order valence-corrected chi connectivity index (χ3v) is 6.57. The number of guanidine groups is 1. The molecule has 3 unspecified atom stereocenters. The molecule has 1 aromatic rings. The molecular weight excluding hydrogens is 502 g/mol. The minimum Gasteiger partial charge on any atom is -0.356 e. The number of aliphatic imine (C=N–C) groups is 1. The van der Waals surface area contributed by atoms with Gasteiger partial charge in [-0.1, -0.05) is 25.5 Å². The topological polar surface area (TPSA) is 53.5 Å². The summed E-state index contributed by atoms with van der Waals surface area (Å²) in [5.41, 5.74) is 0.204. The Labute approximate surface area is 184 Å². The first-order valence-corrected chi connectivity index (χ1v) is 10.7. The van der Waals surface area contributed by atoms with Crippen LogP contribution in [-0.4, -0.2) is 40.8 Å². The fourth-order valence-corrected chi connectivity index (χ4v) is 4.67. The van der Waals surface area contributed by atoms with Gasteiger partial charge in [0.1, 0.15) is 0 Å². The van der Waals surface area contributed by atoms with E-state index >= 15 is 0 Å². The summed E-state index contributed by atoms with van der Waals surface area (Å²) < 4.78 is 49.8. The van der Waals surface area contributed by atoms with Crippen molar-refractivity contribution in [1.82, 2.24) is 10.6 Å². The van der Waals surface area contributed by atoms with Crippen LogP contribution in [0.4, 0.5) is 13.2 Å². The Morgan fingerprint density at radius 3 is 2.50 bits per heavy atom. The first-order valence-electron chi connectivity index (χ1n) is 9.34. The SMILES string of the molecule is CCS(=O)C1CCCC(NC(=NC)NCCc2ccc(C(F)(F)F)cc2)C1.I. The van der Waals surface area contributed by atoms with Gasteiger partial charge in [0.2, 0.25) is 0 Å². The van der Waals surface area contributed by atoms with E-state index in [4.69, 9.17) is 0 Å². The van der Waals surface area contributed by atoms with Gasteiger partial charge in [-0.15, -0.1) is 24.0 Å². The van der Waals surface area contributed by atoms with Crippen LogP contribution >= 0.6 is 24.0 Å². The summed E-state index contributed by atoms with van der Waals surface area (Å²) in [6.07, 6.45) is 0.264. The van der Waals surface area contributed by atoms with Crippen LogP contribution in [0.25, 0.3) is 0 Å². The molecule has 9 heteroatoms. The van der Waals surface area contributed by atoms with Crippen LogP contribution < -0.4 is 10.6 Å². The molecule has 2 rings (SSSR count). The van der Waals surface area contributed by atoms with Crippen LogP contribution in [0.15, 0.2) is 29.3 Å². The van der Waals surface area contributed by atoms with Crippen molar-refractivity contribution >= 4 is 40.7 Å². The molecule has 0 amide bonds. The lowest BCUT2D eigenvalue weighted by Crippen LogP contribution is -2.47. The van der Waals surface area contributed by atoms with Gasteiger partial charge in [-0.25, -0.2) is 0 Å². The normalized spacial score (nSPS) is 21.5. The summed E-state index contributed by atoms with van der Waals surface area (Å²) in [7, 11) is 0.922. The highest BCUT2D eigenvalue weighted by atomic mass is 127. The van der Waals surface area contributed by atoms with E-state index in [1.165, 1.54) is 12.1 Å². The molecule has 1 fully saturated rings. The molecule has 0 bridgehead atoms. The van der Waals surface area contributed by atoms with Gasteiger partial charge < -0.3 is 10.6 Å². The van der Waals surface area contributed by atoms with Crippen LogP contribution in [0.5, 0.6) is 0 Å². The fraction of sp³-hybridized carbons (Fsp3) is 0.632. The Kier molecular flexibility index (Phi) is 10.8. The lowest BCUT2D eigenvalue weighted by atomic mass is 9.95. The van der Waals surface area contributed by atoms with Crippen molar-refractivity contribution in [3.63, 3.8) is 0 Å². The molecule has 1 aliphatic carbocycles. The molecule has 0 heterocycles. The minimum absolute atomic E-state index is 0. The molecule has 28 heavy (non-hydrogen) atoms. The van der Waals surface area contributed by atoms with Gasteiger partial charge in [0.25, 0.3) is 0 Å². The molecule has 0 aliphatic heterocycles. The van der Waals surface area contributed by atoms with Crippen molar-refractivity contribution in [3.05, 3.63) is 35.4 Å². The molecule has 2 N–H and O–H groups in total. The van der Waals surface area contributed by atoms with Crippen LogP contribution in [0.1, 0.15) is 43.7 Å². The highest BCUT2D eigenvalue weighted by Crippen LogP contribution is 2.29. The molecule has 0 saturated heterocycles. The number of alkyl halides is 3. The smallest absolute Gasteiger partial charge is 0.356 e. The third kappa shape index (κ3) is 7.88. The standard InChI is InChI=1S/C19H28F3N3OS.HI/c1-3-27(26)17-6-4-5-16(13-17)25-18(23-2)24-12-11-14-7-9-15(10-8-14)19(20,21)22;/h7-10,16-17H,3-6,11-13H2,1-2H3,(H2,23,24,25);1H. The van der Waals surface area contributed by atoms with Crippen molar-refractivity contribution < 1.29 is 17.4 Å². The minimum atomic E-state index is -4.30. The molecule has 1 aliphatic rings. The lowest BCUT2D eigenvalue weighted by molar-refractivity contribution is -0.137. The lowest BCUT2D eigenvalue weighted by Gasteiger charge is -2.30. The van der Waals surface area contributed by atoms with Crippen LogP contribution in [-0.2, 0) is 23.4 Å². The zero-order valence-electron chi connectivity index (χ0n) is 16.2. The molecule has 0 spiro atoms. The monoisotopic (exact) mass is 531 g/mol. The third-order valence-electron chi connectivity index (χ3n) is 4.83. The predicted molar refractivity (Wildman–Crippen MR) is 120 cm³/mol. The van der Waals surface area contributed by atoms with Gasteiger partial charge in [-0.05, 0) is 43.4 Å². The second-order valence-corrected chi connectivity index (χ2v) is 8.75. The predicted octanol–water partition coefficient (Wildman–Crippen LogP) is 4.11. The fourth-order valence-electron chi connectivity index (χ4n) is 3.32. The van der Waals surface area contributed by atoms with Gasteiger partial charge in [0, 0.05) is 41.4 Å². The molecule has 3 atom stereocenters. The Morgan fingerprint density at radius 1 is 1.25 bits per heavy atom. The average molecular weight is 531 g/mol. The molecule has 0 aromatic heterocycles. The van der Waals surface area contributed by atoms with Gasteiger partial charge in [0.15, 0.2) is 5.96 Å². The summed E-state index contributed by atoms with van der Waals surface area (Å²) in [5, 5.41) is 6.84. The number of nitrogens with one attached hydrogen (secondary N) is 2. The van der Waals surface area contributed by atoms with Crippen molar-refractivity contribution in [3.8, 4) is 0 Å². The van der Waals surface area contributed by atoms with Crippen LogP contribution in [0.3, 0.4) is 0 Å². The maximum absolute atomic E-state index is 12.6. The highest BCUT2D eigenvalue weighted by molar-refractivity contribution is 14.0. The molecule has 4 nitrogen and oxygen atoms in total. The first kappa shape index (κ1) is 25.2. The van der Waals surface area contributed by atoms with Crippen molar-refractivity contribution in [2.24, 2.45) is 4.99 Å². The summed E-state index contributed by atoms with van der Waals surface area (Å²) >= 11 is 0. The number of benzene rings is 1. The van der Waals surface area contributed by atoms with Gasteiger partial charge in [-0.3, -0.25) is 9.20 Å². The Balaban J connectivity index is 0.00000392. The Bertz CT molecular complexity index is 653. The molecule has 160 valence electrons. The summed E-state index contributed by atoms with van der Waals surface area (Å²) in [6.45, 7) is 2.52. The Morgan fingerprint density at radius 2 is 1.93 bits per heavy atom. The van der Waals surface area contributed by atoms with E-state index in [-0.39, 0.29) is 35.3 Å². The van der Waals surface area contributed by atoms with Gasteiger partial charge >= 0.3 is 6.18 Å². The first-order chi connectivity index (χ1) is 12.8. The second-order valence-electron chi connectivity index (χ2n) is 6.74. The molecular formula is C19H29F3IN3OS. The number of hydrogen-bond acceptors (Lipinski definition) is 2. The van der Waals surface area contributed by atoms with E-state index in [0.717, 1.165) is 43.4 Å². The summed E-state index contributed by atoms with van der Waals surface area (Å²) in [4.78, 5) is 4.22. The van der Waals surface area contributed by atoms with Crippen molar-refractivity contribution in [2.45, 2.75) is 56.5 Å². The second kappa shape index (κ2) is 12.0. The van der Waals surface area contributed by atoms with E-state index < -0.39 is 22.5 Å². The number of hydrogen-bond donors (Lipinski definition) is 2. The number of halogens is 4. The van der Waals surface area contributed by atoms with E-state index in [1.54, 1.807) is 7.05 Å². The van der Waals surface area contributed by atoms with Crippen LogP contribution in [0.2, 0.25) is 0 Å². The zero-order chi connectivity index (χ0) is 19.9. The van der Waals surface area contributed by atoms with E-state index in [0.29, 0.717) is 24.7 Å². The van der Waals surface area contributed by atoms with E-state index in [2.05, 4.69) is 15.6 Å². The van der Waals surface area contributed by atoms with Crippen LogP contribution in [0, 0.1) is 0 Å².